The average Bonchev–Trinajstić information content (AvgIpc) is 2.63. The normalized spacial score (nSPS) is 12.4. The van der Waals surface area contributed by atoms with Gasteiger partial charge < -0.3 is 19.2 Å². The topological polar surface area (TPSA) is 94.8 Å². The van der Waals surface area contributed by atoms with E-state index in [4.69, 9.17) is 13.9 Å². The number of nitrogens with one attached hydrogen (secondary N) is 1. The molecule has 1 N–H and O–H groups in total. The van der Waals surface area contributed by atoms with Gasteiger partial charge in [-0.3, -0.25) is 0 Å². The van der Waals surface area contributed by atoms with Crippen LogP contribution >= 0.6 is 0 Å². The number of carbonyl (C=O) groups excluding carboxylic acids is 2. The highest BCUT2D eigenvalue weighted by Gasteiger charge is 2.25. The molecular formula is C23H31NO6. The Bertz CT molecular complexity index is 941. The number of alkyl carbamates (subject to hydrolysis) is 1. The third kappa shape index (κ3) is 6.90. The molecule has 7 heteroatoms. The number of hydrogen-bond donors (Lipinski definition) is 1. The van der Waals surface area contributed by atoms with E-state index < -0.39 is 29.3 Å². The zero-order valence-electron chi connectivity index (χ0n) is 18.4. The van der Waals surface area contributed by atoms with Crippen molar-refractivity contribution in [3.05, 3.63) is 40.2 Å². The number of amides is 1. The molecule has 1 aromatic heterocycles. The molecule has 30 heavy (non-hydrogen) atoms. The van der Waals surface area contributed by atoms with Gasteiger partial charge in [0.15, 0.2) is 0 Å². The first-order valence-electron chi connectivity index (χ1n) is 10.4. The van der Waals surface area contributed by atoms with Crippen molar-refractivity contribution in [3.63, 3.8) is 0 Å². The van der Waals surface area contributed by atoms with E-state index in [1.165, 1.54) is 12.1 Å². The minimum Gasteiger partial charge on any atom is -0.444 e. The molecule has 0 saturated heterocycles. The molecule has 1 heterocycles. The Balaban J connectivity index is 2.19. The van der Waals surface area contributed by atoms with E-state index in [1.54, 1.807) is 32.9 Å². The quantitative estimate of drug-likeness (QED) is 0.379. The van der Waals surface area contributed by atoms with Crippen LogP contribution in [0, 0.1) is 0 Å². The molecule has 0 spiro atoms. The fourth-order valence-electron chi connectivity index (χ4n) is 3.02. The van der Waals surface area contributed by atoms with Crippen molar-refractivity contribution >= 4 is 23.0 Å². The molecule has 0 unspecified atom stereocenters. The molecule has 164 valence electrons. The second-order valence-electron chi connectivity index (χ2n) is 8.26. The van der Waals surface area contributed by atoms with Gasteiger partial charge >= 0.3 is 17.7 Å². The van der Waals surface area contributed by atoms with Gasteiger partial charge in [-0.15, -0.1) is 0 Å². The molecule has 0 aliphatic carbocycles. The number of benzene rings is 1. The van der Waals surface area contributed by atoms with Crippen LogP contribution in [0.2, 0.25) is 0 Å². The number of unbranched alkanes of at least 4 members (excludes halogenated alkanes) is 1. The summed E-state index contributed by atoms with van der Waals surface area (Å²) in [6, 6.07) is 5.63. The third-order valence-corrected chi connectivity index (χ3v) is 4.37. The Labute approximate surface area is 176 Å². The zero-order chi connectivity index (χ0) is 22.3. The highest BCUT2D eigenvalue weighted by Crippen LogP contribution is 2.24. The molecule has 0 bridgehead atoms. The van der Waals surface area contributed by atoms with Gasteiger partial charge in [-0.1, -0.05) is 26.7 Å². The summed E-state index contributed by atoms with van der Waals surface area (Å²) in [5.74, 6) is -0.359. The summed E-state index contributed by atoms with van der Waals surface area (Å²) in [5.41, 5.74) is 0.172. The minimum absolute atomic E-state index is 0.246. The number of aryl methyl sites for hydroxylation is 1. The van der Waals surface area contributed by atoms with Crippen LogP contribution in [-0.2, 0) is 16.0 Å². The summed E-state index contributed by atoms with van der Waals surface area (Å²) in [7, 11) is 0. The molecule has 0 aliphatic rings. The number of carbonyl (C=O) groups is 2. The van der Waals surface area contributed by atoms with Gasteiger partial charge in [-0.05, 0) is 57.7 Å². The Kier molecular flexibility index (Phi) is 8.03. The van der Waals surface area contributed by atoms with Gasteiger partial charge in [0, 0.05) is 17.5 Å². The number of ether oxygens (including phenoxy) is 2. The SMILES string of the molecule is CCCCc1cc(=O)oc2cc(OC(=O)[C@@H](CCC)NC(=O)OC(C)(C)C)ccc12. The fourth-order valence-corrected chi connectivity index (χ4v) is 3.02. The Hall–Kier alpha value is -2.83. The van der Waals surface area contributed by atoms with E-state index in [0.29, 0.717) is 18.4 Å². The van der Waals surface area contributed by atoms with Crippen LogP contribution < -0.4 is 15.7 Å². The van der Waals surface area contributed by atoms with E-state index in [0.717, 1.165) is 30.2 Å². The average molecular weight is 418 g/mol. The first kappa shape index (κ1) is 23.4. The lowest BCUT2D eigenvalue weighted by atomic mass is 10.0. The van der Waals surface area contributed by atoms with Crippen LogP contribution in [0.1, 0.15) is 65.9 Å². The summed E-state index contributed by atoms with van der Waals surface area (Å²) >= 11 is 0. The van der Waals surface area contributed by atoms with Gasteiger partial charge in [0.05, 0.1) is 0 Å². The van der Waals surface area contributed by atoms with Crippen LogP contribution in [0.3, 0.4) is 0 Å². The number of hydrogen-bond acceptors (Lipinski definition) is 6. The first-order valence-corrected chi connectivity index (χ1v) is 10.4. The smallest absolute Gasteiger partial charge is 0.408 e. The standard InChI is InChI=1S/C23H31NO6/c1-6-8-10-15-13-20(25)29-19-14-16(11-12-17(15)19)28-21(26)18(9-7-2)24-22(27)30-23(3,4)5/h11-14,18H,6-10H2,1-5H3,(H,24,27)/t18-/m1/s1. The molecule has 0 saturated carbocycles. The Morgan fingerprint density at radius 1 is 1.13 bits per heavy atom. The molecule has 0 fully saturated rings. The van der Waals surface area contributed by atoms with E-state index >= 15 is 0 Å². The van der Waals surface area contributed by atoms with Crippen molar-refractivity contribution in [1.29, 1.82) is 0 Å². The number of fused-ring (bicyclic) bond motifs is 1. The van der Waals surface area contributed by atoms with Crippen LogP contribution in [-0.4, -0.2) is 23.7 Å². The van der Waals surface area contributed by atoms with E-state index in [2.05, 4.69) is 12.2 Å². The molecule has 1 aromatic carbocycles. The predicted octanol–water partition coefficient (Wildman–Crippen LogP) is 4.73. The van der Waals surface area contributed by atoms with E-state index in [-0.39, 0.29) is 5.75 Å². The van der Waals surface area contributed by atoms with E-state index in [9.17, 15) is 14.4 Å². The highest BCUT2D eigenvalue weighted by atomic mass is 16.6. The van der Waals surface area contributed by atoms with Crippen molar-refractivity contribution in [1.82, 2.24) is 5.32 Å². The monoisotopic (exact) mass is 417 g/mol. The molecule has 0 radical (unpaired) electrons. The maximum absolute atomic E-state index is 12.6. The van der Waals surface area contributed by atoms with Gasteiger partial charge in [-0.25, -0.2) is 14.4 Å². The molecule has 2 aromatic rings. The Morgan fingerprint density at radius 3 is 2.50 bits per heavy atom. The van der Waals surface area contributed by atoms with Gasteiger partial charge in [0.2, 0.25) is 0 Å². The third-order valence-electron chi connectivity index (χ3n) is 4.37. The molecule has 1 atom stereocenters. The maximum atomic E-state index is 12.6. The van der Waals surface area contributed by atoms with Gasteiger partial charge in [-0.2, -0.15) is 0 Å². The fraction of sp³-hybridized carbons (Fsp3) is 0.522. The van der Waals surface area contributed by atoms with Crippen LogP contribution in [0.15, 0.2) is 33.5 Å². The maximum Gasteiger partial charge on any atom is 0.408 e. The second-order valence-corrected chi connectivity index (χ2v) is 8.26. The van der Waals surface area contributed by atoms with Crippen molar-refractivity contribution in [2.45, 2.75) is 78.4 Å². The molecule has 2 rings (SSSR count). The minimum atomic E-state index is -0.844. The number of esters is 1. The molecule has 1 amide bonds. The van der Waals surface area contributed by atoms with Gasteiger partial charge in [0.1, 0.15) is 23.0 Å². The van der Waals surface area contributed by atoms with Crippen LogP contribution in [0.5, 0.6) is 5.75 Å². The van der Waals surface area contributed by atoms with Crippen molar-refractivity contribution in [3.8, 4) is 5.75 Å². The van der Waals surface area contributed by atoms with Crippen LogP contribution in [0.4, 0.5) is 4.79 Å². The van der Waals surface area contributed by atoms with E-state index in [1.807, 2.05) is 6.92 Å². The molecule has 7 nitrogen and oxygen atoms in total. The summed E-state index contributed by atoms with van der Waals surface area (Å²) in [6.45, 7) is 9.23. The first-order chi connectivity index (χ1) is 14.1. The number of rotatable bonds is 8. The summed E-state index contributed by atoms with van der Waals surface area (Å²) in [5, 5.41) is 3.38. The van der Waals surface area contributed by atoms with Crippen molar-refractivity contribution < 1.29 is 23.5 Å². The second kappa shape index (κ2) is 10.3. The predicted molar refractivity (Wildman–Crippen MR) is 115 cm³/mol. The zero-order valence-corrected chi connectivity index (χ0v) is 18.4. The summed E-state index contributed by atoms with van der Waals surface area (Å²) in [6.07, 6.45) is 3.15. The highest BCUT2D eigenvalue weighted by molar-refractivity contribution is 5.85. The molecule has 0 aliphatic heterocycles. The van der Waals surface area contributed by atoms with Crippen molar-refractivity contribution in [2.24, 2.45) is 0 Å². The largest absolute Gasteiger partial charge is 0.444 e. The Morgan fingerprint density at radius 2 is 1.87 bits per heavy atom. The van der Waals surface area contributed by atoms with Gasteiger partial charge in [0.25, 0.3) is 0 Å². The molecular weight excluding hydrogens is 386 g/mol. The lowest BCUT2D eigenvalue weighted by Crippen LogP contribution is -2.45. The lowest BCUT2D eigenvalue weighted by Gasteiger charge is -2.22. The summed E-state index contributed by atoms with van der Waals surface area (Å²) in [4.78, 5) is 36.6. The van der Waals surface area contributed by atoms with Crippen molar-refractivity contribution in [2.75, 3.05) is 0 Å². The van der Waals surface area contributed by atoms with Crippen LogP contribution in [0.25, 0.3) is 11.0 Å². The summed E-state index contributed by atoms with van der Waals surface area (Å²) < 4.78 is 16.0. The lowest BCUT2D eigenvalue weighted by molar-refractivity contribution is -0.137.